The fraction of sp³-hybridized carbons (Fsp3) is 0.214. The van der Waals surface area contributed by atoms with Crippen LogP contribution in [-0.4, -0.2) is 17.3 Å². The lowest BCUT2D eigenvalue weighted by molar-refractivity contribution is -0.410. The number of nitrogens with zero attached hydrogens (tertiary/aromatic N) is 1. The fourth-order valence-corrected chi connectivity index (χ4v) is 3.60. The number of allylic oxidation sites excluding steroid dienone is 4. The molecule has 1 aliphatic heterocycles. The zero-order valence-electron chi connectivity index (χ0n) is 9.47. The minimum Gasteiger partial charge on any atom is -0.196 e. The predicted molar refractivity (Wildman–Crippen MR) is 69.5 cm³/mol. The third-order valence-corrected chi connectivity index (χ3v) is 4.27. The summed E-state index contributed by atoms with van der Waals surface area (Å²) < 4.78 is 2.33. The summed E-state index contributed by atoms with van der Waals surface area (Å²) in [4.78, 5) is 2.73. The quantitative estimate of drug-likeness (QED) is 0.613. The van der Waals surface area contributed by atoms with Gasteiger partial charge in [-0.3, -0.25) is 0 Å². The molecule has 2 heteroatoms. The standard InChI is InChI=1S/C14H14NS/c1-10-6-5-9-13-14(10)15(2)11-7-3-4-8-12(11)16-13/h3-10H,1-2H3/q+1. The summed E-state index contributed by atoms with van der Waals surface area (Å²) in [5.41, 5.74) is 2.74. The van der Waals surface area contributed by atoms with Crippen LogP contribution in [0.3, 0.4) is 0 Å². The van der Waals surface area contributed by atoms with E-state index in [4.69, 9.17) is 0 Å². The van der Waals surface area contributed by atoms with Crippen molar-refractivity contribution in [1.29, 1.82) is 0 Å². The molecule has 3 rings (SSSR count). The molecule has 0 spiro atoms. The Kier molecular flexibility index (Phi) is 2.25. The van der Waals surface area contributed by atoms with E-state index in [0.29, 0.717) is 5.92 Å². The zero-order valence-corrected chi connectivity index (χ0v) is 10.3. The van der Waals surface area contributed by atoms with Crippen molar-refractivity contribution in [2.45, 2.75) is 11.8 Å². The van der Waals surface area contributed by atoms with Crippen LogP contribution in [0.4, 0.5) is 5.69 Å². The molecular weight excluding hydrogens is 214 g/mol. The topological polar surface area (TPSA) is 3.01 Å². The van der Waals surface area contributed by atoms with Crippen LogP contribution in [0.5, 0.6) is 0 Å². The van der Waals surface area contributed by atoms with Gasteiger partial charge in [-0.2, -0.15) is 4.58 Å². The highest BCUT2D eigenvalue weighted by atomic mass is 32.2. The minimum absolute atomic E-state index is 0.505. The number of benzene rings is 1. The van der Waals surface area contributed by atoms with E-state index < -0.39 is 0 Å². The van der Waals surface area contributed by atoms with Crippen molar-refractivity contribution in [3.63, 3.8) is 0 Å². The van der Waals surface area contributed by atoms with Crippen LogP contribution < -0.4 is 0 Å². The van der Waals surface area contributed by atoms with Crippen LogP contribution >= 0.6 is 11.8 Å². The van der Waals surface area contributed by atoms with E-state index >= 15 is 0 Å². The zero-order chi connectivity index (χ0) is 11.1. The normalized spacial score (nSPS) is 22.6. The molecule has 16 heavy (non-hydrogen) atoms. The second-order valence-corrected chi connectivity index (χ2v) is 5.30. The molecular formula is C14H14NS+. The van der Waals surface area contributed by atoms with Crippen LogP contribution in [0.1, 0.15) is 6.92 Å². The average molecular weight is 228 g/mol. The molecule has 1 unspecified atom stereocenters. The van der Waals surface area contributed by atoms with Gasteiger partial charge in [0.05, 0.1) is 15.7 Å². The van der Waals surface area contributed by atoms with Crippen LogP contribution in [-0.2, 0) is 0 Å². The Bertz CT molecular complexity index is 537. The number of para-hydroxylation sites is 1. The lowest BCUT2D eigenvalue weighted by Crippen LogP contribution is -2.25. The summed E-state index contributed by atoms with van der Waals surface area (Å²) in [5, 5.41) is 0. The molecule has 0 radical (unpaired) electrons. The maximum Gasteiger partial charge on any atom is 0.219 e. The first kappa shape index (κ1) is 9.91. The van der Waals surface area contributed by atoms with Crippen LogP contribution in [0.2, 0.25) is 0 Å². The molecule has 2 aliphatic rings. The Morgan fingerprint density at radius 2 is 2.06 bits per heavy atom. The summed E-state index contributed by atoms with van der Waals surface area (Å²) in [7, 11) is 2.16. The minimum atomic E-state index is 0.505. The molecule has 1 aromatic rings. The first-order chi connectivity index (χ1) is 7.77. The molecule has 0 amide bonds. The van der Waals surface area contributed by atoms with Gasteiger partial charge in [0.2, 0.25) is 11.4 Å². The fourth-order valence-electron chi connectivity index (χ4n) is 2.34. The molecule has 0 saturated heterocycles. The lowest BCUT2D eigenvalue weighted by atomic mass is 9.99. The number of fused-ring (bicyclic) bond motifs is 2. The molecule has 0 fully saturated rings. The Labute approximate surface area is 100 Å². The van der Waals surface area contributed by atoms with Gasteiger partial charge in [-0.05, 0) is 19.1 Å². The van der Waals surface area contributed by atoms with E-state index in [0.717, 1.165) is 0 Å². The summed E-state index contributed by atoms with van der Waals surface area (Å²) in [5.74, 6) is 0.505. The second-order valence-electron chi connectivity index (χ2n) is 4.22. The van der Waals surface area contributed by atoms with E-state index in [2.05, 4.69) is 61.0 Å². The molecule has 0 bridgehead atoms. The summed E-state index contributed by atoms with van der Waals surface area (Å²) >= 11 is 1.88. The van der Waals surface area contributed by atoms with E-state index in [-0.39, 0.29) is 0 Å². The molecule has 80 valence electrons. The maximum atomic E-state index is 2.33. The first-order valence-corrected chi connectivity index (χ1v) is 6.35. The van der Waals surface area contributed by atoms with Gasteiger partial charge in [0.25, 0.3) is 0 Å². The van der Waals surface area contributed by atoms with Gasteiger partial charge in [0.15, 0.2) is 0 Å². The van der Waals surface area contributed by atoms with Crippen molar-refractivity contribution < 1.29 is 4.58 Å². The molecule has 1 nitrogen and oxygen atoms in total. The number of rotatable bonds is 0. The summed E-state index contributed by atoms with van der Waals surface area (Å²) in [6, 6.07) is 8.59. The monoisotopic (exact) mass is 228 g/mol. The first-order valence-electron chi connectivity index (χ1n) is 5.53. The Hall–Kier alpha value is -1.28. The van der Waals surface area contributed by atoms with Gasteiger partial charge in [-0.25, -0.2) is 0 Å². The Morgan fingerprint density at radius 3 is 2.94 bits per heavy atom. The molecule has 1 aliphatic carbocycles. The van der Waals surface area contributed by atoms with Crippen molar-refractivity contribution in [2.75, 3.05) is 7.05 Å². The van der Waals surface area contributed by atoms with E-state index in [9.17, 15) is 0 Å². The molecule has 1 heterocycles. The summed E-state index contributed by atoms with van der Waals surface area (Å²) in [6.45, 7) is 2.25. The largest absolute Gasteiger partial charge is 0.219 e. The second kappa shape index (κ2) is 3.63. The van der Waals surface area contributed by atoms with Gasteiger partial charge in [0.1, 0.15) is 7.05 Å². The Balaban J connectivity index is 2.25. The predicted octanol–water partition coefficient (Wildman–Crippen LogP) is 3.60. The van der Waals surface area contributed by atoms with Gasteiger partial charge < -0.3 is 0 Å². The van der Waals surface area contributed by atoms with Crippen LogP contribution in [0.25, 0.3) is 0 Å². The number of hydrogen-bond acceptors (Lipinski definition) is 1. The summed E-state index contributed by atoms with van der Waals surface area (Å²) in [6.07, 6.45) is 6.63. The van der Waals surface area contributed by atoms with Crippen molar-refractivity contribution in [1.82, 2.24) is 0 Å². The van der Waals surface area contributed by atoms with Crippen molar-refractivity contribution in [2.24, 2.45) is 5.92 Å². The lowest BCUT2D eigenvalue weighted by Gasteiger charge is -2.21. The molecule has 0 saturated carbocycles. The molecule has 0 aromatic heterocycles. The average Bonchev–Trinajstić information content (AvgIpc) is 2.29. The molecule has 1 aromatic carbocycles. The van der Waals surface area contributed by atoms with Crippen LogP contribution in [0, 0.1) is 5.92 Å². The molecule has 0 N–H and O–H groups in total. The molecule has 1 atom stereocenters. The van der Waals surface area contributed by atoms with Gasteiger partial charge in [-0.1, -0.05) is 36.0 Å². The van der Waals surface area contributed by atoms with Gasteiger partial charge in [0, 0.05) is 6.07 Å². The van der Waals surface area contributed by atoms with E-state index in [1.54, 1.807) is 0 Å². The Morgan fingerprint density at radius 1 is 1.25 bits per heavy atom. The highest BCUT2D eigenvalue weighted by molar-refractivity contribution is 8.04. The van der Waals surface area contributed by atoms with Gasteiger partial charge >= 0.3 is 0 Å². The van der Waals surface area contributed by atoms with Gasteiger partial charge in [-0.15, -0.1) is 0 Å². The SMILES string of the molecule is CC1C=CC=C2Sc3ccccc3[N+](C)=C21. The van der Waals surface area contributed by atoms with Crippen molar-refractivity contribution in [3.05, 3.63) is 47.4 Å². The highest BCUT2D eigenvalue weighted by Crippen LogP contribution is 2.41. The third-order valence-electron chi connectivity index (χ3n) is 3.14. The maximum absolute atomic E-state index is 2.33. The highest BCUT2D eigenvalue weighted by Gasteiger charge is 2.32. The van der Waals surface area contributed by atoms with E-state index in [1.807, 2.05) is 11.8 Å². The van der Waals surface area contributed by atoms with Crippen molar-refractivity contribution >= 4 is 23.2 Å². The number of hydrogen-bond donors (Lipinski definition) is 0. The number of thioether (sulfide) groups is 1. The smallest absolute Gasteiger partial charge is 0.196 e. The van der Waals surface area contributed by atoms with Crippen LogP contribution in [0.15, 0.2) is 52.3 Å². The van der Waals surface area contributed by atoms with Crippen molar-refractivity contribution in [3.8, 4) is 0 Å². The third kappa shape index (κ3) is 1.37. The van der Waals surface area contributed by atoms with E-state index in [1.165, 1.54) is 21.2 Å².